The van der Waals surface area contributed by atoms with Crippen LogP contribution in [0.3, 0.4) is 0 Å². The Kier molecular flexibility index (Phi) is 4.16. The highest BCUT2D eigenvalue weighted by Crippen LogP contribution is 2.33. The third-order valence-electron chi connectivity index (χ3n) is 3.01. The van der Waals surface area contributed by atoms with Crippen LogP contribution in [0.25, 0.3) is 0 Å². The predicted molar refractivity (Wildman–Crippen MR) is 86.1 cm³/mol. The van der Waals surface area contributed by atoms with Crippen molar-refractivity contribution in [3.63, 3.8) is 0 Å². The minimum atomic E-state index is -3.60. The third-order valence-corrected chi connectivity index (χ3v) is 5.52. The fourth-order valence-electron chi connectivity index (χ4n) is 1.86. The lowest BCUT2D eigenvalue weighted by Crippen LogP contribution is -2.20. The number of thioether (sulfide) groups is 1. The molecule has 0 aromatic heterocycles. The van der Waals surface area contributed by atoms with E-state index in [1.54, 1.807) is 6.07 Å². The maximum Gasteiger partial charge on any atom is 0.286 e. The van der Waals surface area contributed by atoms with Crippen LogP contribution in [-0.4, -0.2) is 19.3 Å². The number of hydrogen-bond acceptors (Lipinski definition) is 4. The first kappa shape index (κ1) is 15.4. The van der Waals surface area contributed by atoms with Crippen molar-refractivity contribution in [3.8, 4) is 0 Å². The van der Waals surface area contributed by atoms with Gasteiger partial charge in [0.1, 0.15) is 4.90 Å². The van der Waals surface area contributed by atoms with Crippen LogP contribution in [-0.2, 0) is 15.4 Å². The molecule has 0 amide bonds. The fraction of sp³-hybridized carbons (Fsp3) is 0.500. The van der Waals surface area contributed by atoms with Gasteiger partial charge in [0.05, 0.1) is 5.69 Å². The molecular weight excluding hydrogens is 292 g/mol. The number of benzene rings is 1. The molecule has 2 rings (SSSR count). The average Bonchev–Trinajstić information content (AvgIpc) is 2.34. The van der Waals surface area contributed by atoms with Gasteiger partial charge in [0.25, 0.3) is 10.0 Å². The summed E-state index contributed by atoms with van der Waals surface area (Å²) in [5, 5.41) is 3.56. The number of anilines is 1. The number of fused-ring (bicyclic) bond motifs is 1. The predicted octanol–water partition coefficient (Wildman–Crippen LogP) is 3.60. The van der Waals surface area contributed by atoms with Crippen LogP contribution in [0.1, 0.15) is 39.7 Å². The molecule has 0 fully saturated rings. The molecule has 1 aromatic rings. The summed E-state index contributed by atoms with van der Waals surface area (Å²) in [4.78, 5) is 0.269. The number of rotatable bonds is 2. The second-order valence-electron chi connectivity index (χ2n) is 5.81. The summed E-state index contributed by atoms with van der Waals surface area (Å²) >= 11 is 1.43. The minimum Gasteiger partial charge on any atom is -0.333 e. The first-order valence-corrected chi connectivity index (χ1v) is 9.06. The smallest absolute Gasteiger partial charge is 0.286 e. The molecule has 0 atom stereocenters. The summed E-state index contributed by atoms with van der Waals surface area (Å²) in [7, 11) is -3.60. The van der Waals surface area contributed by atoms with Gasteiger partial charge in [-0.3, -0.25) is 0 Å². The van der Waals surface area contributed by atoms with Gasteiger partial charge >= 0.3 is 0 Å². The van der Waals surface area contributed by atoms with Crippen LogP contribution in [0.4, 0.5) is 5.69 Å². The zero-order valence-corrected chi connectivity index (χ0v) is 13.9. The van der Waals surface area contributed by atoms with Gasteiger partial charge < -0.3 is 5.32 Å². The second-order valence-corrected chi connectivity index (χ2v) is 8.46. The molecule has 6 heteroatoms. The monoisotopic (exact) mass is 312 g/mol. The van der Waals surface area contributed by atoms with Crippen molar-refractivity contribution < 1.29 is 8.42 Å². The molecular formula is C14H20N2O2S2. The molecule has 1 N–H and O–H groups in total. The van der Waals surface area contributed by atoms with E-state index in [-0.39, 0.29) is 10.3 Å². The van der Waals surface area contributed by atoms with Crippen LogP contribution in [0, 0.1) is 0 Å². The zero-order chi connectivity index (χ0) is 15.0. The standard InChI is InChI=1S/C14H20N2O2S2/c1-5-8-19-13-15-11-7-6-10(14(2,3)4)9-12(11)20(17,18)16-13/h6-7,9H,5,8H2,1-4H3,(H,15,16). The lowest BCUT2D eigenvalue weighted by molar-refractivity contribution is 0.584. The summed E-state index contributed by atoms with van der Waals surface area (Å²) in [6.07, 6.45) is 0.973. The maximum atomic E-state index is 12.3. The fourth-order valence-corrected chi connectivity index (χ4v) is 3.98. The van der Waals surface area contributed by atoms with Gasteiger partial charge in [-0.2, -0.15) is 8.42 Å². The highest BCUT2D eigenvalue weighted by molar-refractivity contribution is 8.14. The summed E-state index contributed by atoms with van der Waals surface area (Å²) in [6, 6.07) is 5.52. The number of nitrogens with zero attached hydrogens (tertiary/aromatic N) is 1. The second kappa shape index (κ2) is 5.41. The van der Waals surface area contributed by atoms with Crippen molar-refractivity contribution in [1.82, 2.24) is 0 Å². The van der Waals surface area contributed by atoms with Crippen LogP contribution >= 0.6 is 11.8 Å². The van der Waals surface area contributed by atoms with Crippen LogP contribution in [0.5, 0.6) is 0 Å². The van der Waals surface area contributed by atoms with Crippen molar-refractivity contribution in [3.05, 3.63) is 23.8 Å². The maximum absolute atomic E-state index is 12.3. The van der Waals surface area contributed by atoms with Gasteiger partial charge in [0.15, 0.2) is 5.17 Å². The Morgan fingerprint density at radius 1 is 1.30 bits per heavy atom. The van der Waals surface area contributed by atoms with Crippen molar-refractivity contribution in [2.45, 2.75) is 44.4 Å². The highest BCUT2D eigenvalue weighted by Gasteiger charge is 2.27. The Bertz CT molecular complexity index is 644. The van der Waals surface area contributed by atoms with Crippen molar-refractivity contribution >= 4 is 32.6 Å². The third kappa shape index (κ3) is 3.17. The topological polar surface area (TPSA) is 58.5 Å². The molecule has 0 saturated heterocycles. The summed E-state index contributed by atoms with van der Waals surface area (Å²) in [5.74, 6) is 0.844. The molecule has 110 valence electrons. The Labute approximate surface area is 125 Å². The van der Waals surface area contributed by atoms with E-state index < -0.39 is 10.0 Å². The number of sulfonamides is 1. The zero-order valence-electron chi connectivity index (χ0n) is 12.2. The van der Waals surface area contributed by atoms with Crippen LogP contribution in [0.15, 0.2) is 27.5 Å². The van der Waals surface area contributed by atoms with Gasteiger partial charge in [-0.25, -0.2) is 0 Å². The molecule has 4 nitrogen and oxygen atoms in total. The van der Waals surface area contributed by atoms with Gasteiger partial charge in [0.2, 0.25) is 0 Å². The Balaban J connectivity index is 2.43. The summed E-state index contributed by atoms with van der Waals surface area (Å²) < 4.78 is 28.4. The number of nitrogens with one attached hydrogen (secondary N) is 1. The lowest BCUT2D eigenvalue weighted by Gasteiger charge is -2.23. The first-order chi connectivity index (χ1) is 9.24. The van der Waals surface area contributed by atoms with Gasteiger partial charge in [-0.05, 0) is 29.5 Å². The van der Waals surface area contributed by atoms with Gasteiger partial charge in [-0.1, -0.05) is 45.5 Å². The van der Waals surface area contributed by atoms with E-state index in [0.717, 1.165) is 17.7 Å². The Hall–Kier alpha value is -1.01. The molecule has 1 aliphatic heterocycles. The SMILES string of the molecule is CCCSC1=NS(=O)(=O)c2cc(C(C)(C)C)ccc2N1. The highest BCUT2D eigenvalue weighted by atomic mass is 32.2. The molecule has 1 heterocycles. The van der Waals surface area contributed by atoms with E-state index in [1.165, 1.54) is 11.8 Å². The summed E-state index contributed by atoms with van der Waals surface area (Å²) in [6.45, 7) is 8.23. The molecule has 0 saturated carbocycles. The minimum absolute atomic E-state index is 0.0918. The molecule has 1 aromatic carbocycles. The van der Waals surface area contributed by atoms with E-state index in [4.69, 9.17) is 0 Å². The quantitative estimate of drug-likeness (QED) is 0.906. The van der Waals surface area contributed by atoms with E-state index in [2.05, 4.69) is 37.4 Å². The molecule has 0 spiro atoms. The van der Waals surface area contributed by atoms with Gasteiger partial charge in [-0.15, -0.1) is 4.40 Å². The largest absolute Gasteiger partial charge is 0.333 e. The van der Waals surface area contributed by atoms with Crippen molar-refractivity contribution in [2.75, 3.05) is 11.1 Å². The molecule has 0 unspecified atom stereocenters. The first-order valence-electron chi connectivity index (χ1n) is 6.63. The molecule has 0 radical (unpaired) electrons. The lowest BCUT2D eigenvalue weighted by atomic mass is 9.87. The van der Waals surface area contributed by atoms with E-state index in [9.17, 15) is 8.42 Å². The number of hydrogen-bond donors (Lipinski definition) is 1. The van der Waals surface area contributed by atoms with Gasteiger partial charge in [0, 0.05) is 5.75 Å². The van der Waals surface area contributed by atoms with Crippen LogP contribution in [0.2, 0.25) is 0 Å². The summed E-state index contributed by atoms with van der Waals surface area (Å²) in [5.41, 5.74) is 1.51. The molecule has 1 aliphatic rings. The van der Waals surface area contributed by atoms with Crippen LogP contribution < -0.4 is 5.32 Å². The molecule has 20 heavy (non-hydrogen) atoms. The Morgan fingerprint density at radius 2 is 2.00 bits per heavy atom. The molecule has 0 bridgehead atoms. The van der Waals surface area contributed by atoms with Crippen molar-refractivity contribution in [2.24, 2.45) is 4.40 Å². The number of amidine groups is 1. The van der Waals surface area contributed by atoms with E-state index in [1.807, 2.05) is 12.1 Å². The van der Waals surface area contributed by atoms with Crippen molar-refractivity contribution in [1.29, 1.82) is 0 Å². The van der Waals surface area contributed by atoms with E-state index >= 15 is 0 Å². The Morgan fingerprint density at radius 3 is 2.60 bits per heavy atom. The van der Waals surface area contributed by atoms with E-state index in [0.29, 0.717) is 10.9 Å². The molecule has 0 aliphatic carbocycles. The average molecular weight is 312 g/mol. The normalized spacial score (nSPS) is 17.1.